The van der Waals surface area contributed by atoms with E-state index in [1.54, 1.807) is 17.5 Å². The third kappa shape index (κ3) is 5.13. The first kappa shape index (κ1) is 16.0. The van der Waals surface area contributed by atoms with Gasteiger partial charge in [0.25, 0.3) is 0 Å². The molecule has 0 atom stereocenters. The summed E-state index contributed by atoms with van der Waals surface area (Å²) in [6.45, 7) is 11.9. The van der Waals surface area contributed by atoms with Crippen molar-refractivity contribution in [3.05, 3.63) is 28.5 Å². The lowest BCUT2D eigenvalue weighted by molar-refractivity contribution is 0.301. The monoisotopic (exact) mass is 308 g/mol. The zero-order valence-corrected chi connectivity index (χ0v) is 14.2. The van der Waals surface area contributed by atoms with Gasteiger partial charge in [-0.3, -0.25) is 4.68 Å². The van der Waals surface area contributed by atoms with Crippen LogP contribution in [-0.4, -0.2) is 20.3 Å². The van der Waals surface area contributed by atoms with E-state index in [0.29, 0.717) is 12.6 Å². The molecule has 0 saturated heterocycles. The van der Waals surface area contributed by atoms with Gasteiger partial charge in [-0.15, -0.1) is 11.3 Å². The number of hydrogen-bond acceptors (Lipinski definition) is 5. The van der Waals surface area contributed by atoms with Crippen LogP contribution in [0.25, 0.3) is 0 Å². The van der Waals surface area contributed by atoms with E-state index in [1.165, 1.54) is 0 Å². The molecule has 0 saturated carbocycles. The van der Waals surface area contributed by atoms with Crippen LogP contribution >= 0.6 is 11.3 Å². The van der Waals surface area contributed by atoms with Gasteiger partial charge in [-0.1, -0.05) is 0 Å². The van der Waals surface area contributed by atoms with Crippen LogP contribution in [0.1, 0.15) is 51.4 Å². The number of ether oxygens (including phenoxy) is 1. The summed E-state index contributed by atoms with van der Waals surface area (Å²) in [6, 6.07) is 0.344. The zero-order valence-electron chi connectivity index (χ0n) is 13.4. The molecular weight excluding hydrogens is 284 g/mol. The second-order valence-electron chi connectivity index (χ2n) is 6.37. The van der Waals surface area contributed by atoms with Gasteiger partial charge in [0.15, 0.2) is 5.75 Å². The Balaban J connectivity index is 1.84. The Kier molecular flexibility index (Phi) is 5.00. The Labute approximate surface area is 130 Å². The van der Waals surface area contributed by atoms with Crippen molar-refractivity contribution in [1.29, 1.82) is 0 Å². The fraction of sp³-hybridized carbons (Fsp3) is 0.600. The summed E-state index contributed by atoms with van der Waals surface area (Å²) in [5.41, 5.74) is 1.07. The van der Waals surface area contributed by atoms with Crippen LogP contribution in [0.15, 0.2) is 17.8 Å². The molecule has 2 heterocycles. The van der Waals surface area contributed by atoms with Crippen LogP contribution in [0.5, 0.6) is 5.75 Å². The number of thiazole rings is 1. The molecule has 0 aliphatic rings. The summed E-state index contributed by atoms with van der Waals surface area (Å²) in [7, 11) is 0. The zero-order chi connectivity index (χ0) is 15.5. The van der Waals surface area contributed by atoms with Crippen LogP contribution in [0.2, 0.25) is 0 Å². The van der Waals surface area contributed by atoms with Crippen molar-refractivity contribution in [1.82, 2.24) is 20.1 Å². The van der Waals surface area contributed by atoms with Gasteiger partial charge in [0.05, 0.1) is 18.1 Å². The summed E-state index contributed by atoms with van der Waals surface area (Å²) in [5, 5.41) is 10.8. The molecule has 0 aliphatic heterocycles. The Morgan fingerprint density at radius 1 is 1.38 bits per heavy atom. The lowest BCUT2D eigenvalue weighted by atomic mass is 10.1. The van der Waals surface area contributed by atoms with Crippen LogP contribution in [0.3, 0.4) is 0 Å². The van der Waals surface area contributed by atoms with Crippen molar-refractivity contribution < 1.29 is 4.74 Å². The molecule has 2 aromatic heterocycles. The quantitative estimate of drug-likeness (QED) is 0.889. The summed E-state index contributed by atoms with van der Waals surface area (Å²) in [6.07, 6.45) is 3.66. The highest BCUT2D eigenvalue weighted by atomic mass is 32.1. The lowest BCUT2D eigenvalue weighted by Gasteiger charge is -2.19. The van der Waals surface area contributed by atoms with Gasteiger partial charge >= 0.3 is 0 Å². The van der Waals surface area contributed by atoms with Crippen LogP contribution in [0, 0.1) is 0 Å². The summed E-state index contributed by atoms with van der Waals surface area (Å²) >= 11 is 1.66. The first-order valence-electron chi connectivity index (χ1n) is 7.19. The highest BCUT2D eigenvalue weighted by Crippen LogP contribution is 2.16. The number of hydrogen-bond donors (Lipinski definition) is 1. The second kappa shape index (κ2) is 6.58. The Hall–Kier alpha value is -1.40. The van der Waals surface area contributed by atoms with Gasteiger partial charge in [0.1, 0.15) is 11.6 Å². The SMILES string of the molecule is CC(C)n1cc(OCc2csc(CNC(C)(C)C)n2)cn1. The van der Waals surface area contributed by atoms with Crippen molar-refractivity contribution >= 4 is 11.3 Å². The summed E-state index contributed by atoms with van der Waals surface area (Å²) < 4.78 is 7.61. The number of aromatic nitrogens is 3. The topological polar surface area (TPSA) is 52.0 Å². The average Bonchev–Trinajstić information content (AvgIpc) is 3.02. The largest absolute Gasteiger partial charge is 0.484 e. The van der Waals surface area contributed by atoms with E-state index in [2.05, 4.69) is 50.0 Å². The van der Waals surface area contributed by atoms with Crippen molar-refractivity contribution in [2.24, 2.45) is 0 Å². The van der Waals surface area contributed by atoms with Gasteiger partial charge in [-0.2, -0.15) is 5.10 Å². The molecule has 1 N–H and O–H groups in total. The third-order valence-corrected chi connectivity index (χ3v) is 3.76. The Bertz CT molecular complexity index is 568. The fourth-order valence-electron chi connectivity index (χ4n) is 1.67. The van der Waals surface area contributed by atoms with Crippen molar-refractivity contribution in [2.45, 2.75) is 59.4 Å². The highest BCUT2D eigenvalue weighted by Gasteiger charge is 2.10. The van der Waals surface area contributed by atoms with Crippen molar-refractivity contribution in [2.75, 3.05) is 0 Å². The van der Waals surface area contributed by atoms with E-state index in [9.17, 15) is 0 Å². The minimum atomic E-state index is 0.105. The number of nitrogens with one attached hydrogen (secondary N) is 1. The van der Waals surface area contributed by atoms with Gasteiger partial charge in [0.2, 0.25) is 0 Å². The predicted molar refractivity (Wildman–Crippen MR) is 85.7 cm³/mol. The highest BCUT2D eigenvalue weighted by molar-refractivity contribution is 7.09. The molecule has 2 aromatic rings. The van der Waals surface area contributed by atoms with E-state index in [0.717, 1.165) is 23.0 Å². The maximum absolute atomic E-state index is 5.72. The molecule has 0 aliphatic carbocycles. The fourth-order valence-corrected chi connectivity index (χ4v) is 2.39. The predicted octanol–water partition coefficient (Wildman–Crippen LogP) is 3.39. The van der Waals surface area contributed by atoms with Crippen molar-refractivity contribution in [3.63, 3.8) is 0 Å². The van der Waals surface area contributed by atoms with Crippen LogP contribution < -0.4 is 10.1 Å². The van der Waals surface area contributed by atoms with E-state index in [1.807, 2.05) is 16.3 Å². The smallest absolute Gasteiger partial charge is 0.157 e. The molecule has 0 bridgehead atoms. The molecular formula is C15H24N4OS. The molecule has 2 rings (SSSR count). The van der Waals surface area contributed by atoms with E-state index in [-0.39, 0.29) is 5.54 Å². The van der Waals surface area contributed by atoms with Crippen LogP contribution in [0.4, 0.5) is 0 Å². The van der Waals surface area contributed by atoms with Gasteiger partial charge in [-0.25, -0.2) is 4.98 Å². The maximum atomic E-state index is 5.72. The Morgan fingerprint density at radius 3 is 2.76 bits per heavy atom. The van der Waals surface area contributed by atoms with Crippen LogP contribution in [-0.2, 0) is 13.2 Å². The van der Waals surface area contributed by atoms with Gasteiger partial charge < -0.3 is 10.1 Å². The van der Waals surface area contributed by atoms with Crippen molar-refractivity contribution in [3.8, 4) is 5.75 Å². The van der Waals surface area contributed by atoms with Gasteiger partial charge in [0, 0.05) is 23.5 Å². The molecule has 0 aromatic carbocycles. The minimum Gasteiger partial charge on any atom is -0.484 e. The normalized spacial score (nSPS) is 12.1. The third-order valence-electron chi connectivity index (χ3n) is 2.86. The lowest BCUT2D eigenvalue weighted by Crippen LogP contribution is -2.35. The summed E-state index contributed by atoms with van der Waals surface area (Å²) in [4.78, 5) is 4.57. The molecule has 21 heavy (non-hydrogen) atoms. The first-order chi connectivity index (χ1) is 9.83. The first-order valence-corrected chi connectivity index (χ1v) is 8.07. The van der Waals surface area contributed by atoms with Gasteiger partial charge in [-0.05, 0) is 34.6 Å². The average molecular weight is 308 g/mol. The molecule has 0 unspecified atom stereocenters. The summed E-state index contributed by atoms with van der Waals surface area (Å²) in [5.74, 6) is 0.783. The number of rotatable bonds is 6. The second-order valence-corrected chi connectivity index (χ2v) is 7.32. The Morgan fingerprint density at radius 2 is 2.14 bits per heavy atom. The molecule has 0 amide bonds. The molecule has 0 spiro atoms. The van der Waals surface area contributed by atoms with E-state index < -0.39 is 0 Å². The molecule has 0 fully saturated rings. The molecule has 5 nitrogen and oxygen atoms in total. The number of nitrogens with zero attached hydrogens (tertiary/aromatic N) is 3. The maximum Gasteiger partial charge on any atom is 0.157 e. The molecule has 6 heteroatoms. The minimum absolute atomic E-state index is 0.105. The standard InChI is InChI=1S/C15H24N4OS/c1-11(2)19-8-13(6-17-19)20-9-12-10-21-14(18-12)7-16-15(3,4)5/h6,8,10-11,16H,7,9H2,1-5H3. The van der Waals surface area contributed by atoms with E-state index >= 15 is 0 Å². The molecule has 116 valence electrons. The van der Waals surface area contributed by atoms with E-state index in [4.69, 9.17) is 4.74 Å². The molecule has 0 radical (unpaired) electrons.